The van der Waals surface area contributed by atoms with E-state index in [1.807, 2.05) is 13.8 Å². The molecule has 0 atom stereocenters. The minimum Gasteiger partial charge on any atom is -0.467 e. The summed E-state index contributed by atoms with van der Waals surface area (Å²) in [6, 6.07) is 2.07. The van der Waals surface area contributed by atoms with Crippen LogP contribution in [-0.2, 0) is 0 Å². The fourth-order valence-corrected chi connectivity index (χ4v) is 0.985. The molecule has 0 fully saturated rings. The fourth-order valence-electron chi connectivity index (χ4n) is 0.800. The van der Waals surface area contributed by atoms with Gasteiger partial charge in [-0.3, -0.25) is 0 Å². The molecule has 0 unspecified atom stereocenters. The number of halogens is 1. The Kier molecular flexibility index (Phi) is 2.87. The van der Waals surface area contributed by atoms with E-state index in [2.05, 4.69) is 9.97 Å². The molecule has 4 heteroatoms. The van der Waals surface area contributed by atoms with Gasteiger partial charge in [-0.25, -0.2) is 0 Å². The average Bonchev–Trinajstić information content (AvgIpc) is 2.03. The van der Waals surface area contributed by atoms with E-state index in [4.69, 9.17) is 16.3 Å². The highest BCUT2D eigenvalue weighted by atomic mass is 35.5. The Bertz CT molecular complexity index is 276. The third-order valence-electron chi connectivity index (χ3n) is 1.47. The van der Waals surface area contributed by atoms with Gasteiger partial charge in [0.25, 0.3) is 0 Å². The number of ether oxygens (including phenoxy) is 1. The maximum atomic E-state index is 5.74. The molecule has 0 aromatic carbocycles. The van der Waals surface area contributed by atoms with Crippen molar-refractivity contribution in [3.05, 3.63) is 16.9 Å². The summed E-state index contributed by atoms with van der Waals surface area (Å²) in [5, 5.41) is 0.422. The molecule has 0 bridgehead atoms. The first-order valence-corrected chi connectivity index (χ1v) is 4.09. The first kappa shape index (κ1) is 9.26. The van der Waals surface area contributed by atoms with Crippen molar-refractivity contribution in [2.24, 2.45) is 0 Å². The Balaban J connectivity index is 3.06. The van der Waals surface area contributed by atoms with Gasteiger partial charge in [0, 0.05) is 0 Å². The van der Waals surface area contributed by atoms with Crippen molar-refractivity contribution in [1.29, 1.82) is 0 Å². The van der Waals surface area contributed by atoms with Crippen LogP contribution < -0.4 is 4.74 Å². The number of rotatable bonds is 2. The molecule has 0 radical (unpaired) electrons. The number of methoxy groups -OCH3 is 1. The molecule has 0 amide bonds. The molecule has 0 saturated carbocycles. The van der Waals surface area contributed by atoms with Gasteiger partial charge >= 0.3 is 6.01 Å². The van der Waals surface area contributed by atoms with Crippen LogP contribution in [0.1, 0.15) is 25.5 Å². The molecular weight excluding hydrogens is 176 g/mol. The van der Waals surface area contributed by atoms with Crippen LogP contribution in [0, 0.1) is 0 Å². The molecule has 66 valence electrons. The van der Waals surface area contributed by atoms with E-state index in [9.17, 15) is 0 Å². The number of hydrogen-bond donors (Lipinski definition) is 0. The second-order valence-electron chi connectivity index (χ2n) is 2.76. The molecule has 0 aliphatic heterocycles. The Labute approximate surface area is 76.7 Å². The maximum Gasteiger partial charge on any atom is 0.317 e. The third-order valence-corrected chi connectivity index (χ3v) is 1.66. The van der Waals surface area contributed by atoms with E-state index >= 15 is 0 Å². The predicted molar refractivity (Wildman–Crippen MR) is 47.7 cm³/mol. The number of aromatic nitrogens is 2. The highest BCUT2D eigenvalue weighted by Gasteiger charge is 2.05. The molecule has 1 rings (SSSR count). The van der Waals surface area contributed by atoms with Crippen molar-refractivity contribution in [3.63, 3.8) is 0 Å². The summed E-state index contributed by atoms with van der Waals surface area (Å²) >= 11 is 5.74. The van der Waals surface area contributed by atoms with E-state index in [1.54, 1.807) is 6.07 Å². The molecule has 0 N–H and O–H groups in total. The van der Waals surface area contributed by atoms with E-state index < -0.39 is 0 Å². The van der Waals surface area contributed by atoms with Gasteiger partial charge < -0.3 is 4.74 Å². The van der Waals surface area contributed by atoms with Crippen LogP contribution in [0.3, 0.4) is 0 Å². The van der Waals surface area contributed by atoms with Crippen molar-refractivity contribution in [1.82, 2.24) is 9.97 Å². The lowest BCUT2D eigenvalue weighted by Gasteiger charge is -2.05. The smallest absolute Gasteiger partial charge is 0.317 e. The summed E-state index contributed by atoms with van der Waals surface area (Å²) in [6.45, 7) is 4.08. The minimum atomic E-state index is 0.325. The van der Waals surface area contributed by atoms with E-state index in [-0.39, 0.29) is 0 Å². The van der Waals surface area contributed by atoms with Crippen molar-refractivity contribution >= 4 is 11.6 Å². The Hall–Kier alpha value is -0.830. The highest BCUT2D eigenvalue weighted by Crippen LogP contribution is 2.17. The molecule has 0 saturated heterocycles. The van der Waals surface area contributed by atoms with E-state index in [0.717, 1.165) is 5.69 Å². The second-order valence-corrected chi connectivity index (χ2v) is 3.14. The lowest BCUT2D eigenvalue weighted by atomic mass is 10.1. The van der Waals surface area contributed by atoms with Gasteiger partial charge in [0.1, 0.15) is 5.15 Å². The van der Waals surface area contributed by atoms with Gasteiger partial charge in [0.2, 0.25) is 0 Å². The van der Waals surface area contributed by atoms with E-state index in [1.165, 1.54) is 7.11 Å². The molecule has 1 aromatic rings. The van der Waals surface area contributed by atoms with Gasteiger partial charge in [-0.05, 0) is 12.0 Å². The summed E-state index contributed by atoms with van der Waals surface area (Å²) in [5.41, 5.74) is 0.895. The van der Waals surface area contributed by atoms with Crippen LogP contribution in [-0.4, -0.2) is 17.1 Å². The van der Waals surface area contributed by atoms with Gasteiger partial charge in [0.15, 0.2) is 0 Å². The van der Waals surface area contributed by atoms with Gasteiger partial charge in [0.05, 0.1) is 12.8 Å². The molecule has 0 aliphatic carbocycles. The Morgan fingerprint density at radius 1 is 1.42 bits per heavy atom. The fraction of sp³-hybridized carbons (Fsp3) is 0.500. The van der Waals surface area contributed by atoms with Crippen LogP contribution >= 0.6 is 11.6 Å². The first-order chi connectivity index (χ1) is 5.63. The minimum absolute atomic E-state index is 0.325. The van der Waals surface area contributed by atoms with Crippen molar-refractivity contribution < 1.29 is 4.74 Å². The molecule has 0 spiro atoms. The maximum absolute atomic E-state index is 5.74. The number of hydrogen-bond acceptors (Lipinski definition) is 3. The zero-order chi connectivity index (χ0) is 9.14. The Morgan fingerprint density at radius 3 is 2.58 bits per heavy atom. The van der Waals surface area contributed by atoms with Crippen molar-refractivity contribution in [3.8, 4) is 6.01 Å². The molecule has 1 heterocycles. The number of nitrogens with zero attached hydrogens (tertiary/aromatic N) is 2. The summed E-state index contributed by atoms with van der Waals surface area (Å²) in [6.07, 6.45) is 0. The predicted octanol–water partition coefficient (Wildman–Crippen LogP) is 2.26. The van der Waals surface area contributed by atoms with Crippen LogP contribution in [0.15, 0.2) is 6.07 Å². The van der Waals surface area contributed by atoms with Gasteiger partial charge in [-0.15, -0.1) is 0 Å². The van der Waals surface area contributed by atoms with Crippen LogP contribution in [0.2, 0.25) is 5.15 Å². The average molecular weight is 187 g/mol. The molecule has 3 nitrogen and oxygen atoms in total. The summed E-state index contributed by atoms with van der Waals surface area (Å²) < 4.78 is 4.88. The lowest BCUT2D eigenvalue weighted by Crippen LogP contribution is -1.98. The second kappa shape index (κ2) is 3.72. The Morgan fingerprint density at radius 2 is 2.08 bits per heavy atom. The normalized spacial score (nSPS) is 10.4. The first-order valence-electron chi connectivity index (χ1n) is 3.72. The van der Waals surface area contributed by atoms with Crippen LogP contribution in [0.25, 0.3) is 0 Å². The zero-order valence-electron chi connectivity index (χ0n) is 7.34. The van der Waals surface area contributed by atoms with Gasteiger partial charge in [-0.2, -0.15) is 9.97 Å². The SMILES string of the molecule is COc1nc(Cl)cc(C(C)C)n1. The van der Waals surface area contributed by atoms with Gasteiger partial charge in [-0.1, -0.05) is 25.4 Å². The molecule has 0 aliphatic rings. The summed E-state index contributed by atoms with van der Waals surface area (Å²) in [4.78, 5) is 8.00. The standard InChI is InChI=1S/C8H11ClN2O/c1-5(2)6-4-7(9)11-8(10-6)12-3/h4-5H,1-3H3. The third kappa shape index (κ3) is 2.08. The molecular formula is C8H11ClN2O. The monoisotopic (exact) mass is 186 g/mol. The lowest BCUT2D eigenvalue weighted by molar-refractivity contribution is 0.377. The summed E-state index contributed by atoms with van der Waals surface area (Å²) in [7, 11) is 1.52. The molecule has 1 aromatic heterocycles. The molecule has 12 heavy (non-hydrogen) atoms. The van der Waals surface area contributed by atoms with Crippen molar-refractivity contribution in [2.75, 3.05) is 7.11 Å². The zero-order valence-corrected chi connectivity index (χ0v) is 8.09. The summed E-state index contributed by atoms with van der Waals surface area (Å²) in [5.74, 6) is 0.333. The topological polar surface area (TPSA) is 35.0 Å². The van der Waals surface area contributed by atoms with E-state index in [0.29, 0.717) is 17.1 Å². The quantitative estimate of drug-likeness (QED) is 0.665. The highest BCUT2D eigenvalue weighted by molar-refractivity contribution is 6.29. The largest absolute Gasteiger partial charge is 0.467 e. The van der Waals surface area contributed by atoms with Crippen LogP contribution in [0.4, 0.5) is 0 Å². The van der Waals surface area contributed by atoms with Crippen molar-refractivity contribution in [2.45, 2.75) is 19.8 Å². The van der Waals surface area contributed by atoms with Crippen LogP contribution in [0.5, 0.6) is 6.01 Å².